The highest BCUT2D eigenvalue weighted by atomic mass is 14.5. The van der Waals surface area contributed by atoms with Gasteiger partial charge in [0, 0.05) is 0 Å². The first-order valence-electron chi connectivity index (χ1n) is 18.1. The van der Waals surface area contributed by atoms with Gasteiger partial charge in [0.15, 0.2) is 0 Å². The molecule has 5 aliphatic carbocycles. The van der Waals surface area contributed by atoms with Crippen LogP contribution in [0, 0.1) is 59.2 Å². The standard InChI is InChI=1S/C20H36.C17H32/c1-3-4-12-18-15(2)14-17-11-8-13-19(17)20(18)16-9-6-5-7-10-16;1-3-15-8-10-17(11-9-15)13-12-16-6-4-14(2)5-7-16/h15-20H,3-14H2,1-2H3;14-17H,3-13H2,1-2H3. The van der Waals surface area contributed by atoms with Gasteiger partial charge in [-0.25, -0.2) is 0 Å². The van der Waals surface area contributed by atoms with E-state index in [-0.39, 0.29) is 0 Å². The van der Waals surface area contributed by atoms with Crippen molar-refractivity contribution >= 4 is 0 Å². The van der Waals surface area contributed by atoms with Crippen molar-refractivity contribution in [2.75, 3.05) is 0 Å². The van der Waals surface area contributed by atoms with Crippen LogP contribution in [0.2, 0.25) is 0 Å². The zero-order valence-corrected chi connectivity index (χ0v) is 26.0. The summed E-state index contributed by atoms with van der Waals surface area (Å²) in [6.07, 6.45) is 35.2. The molecule has 5 rings (SSSR count). The normalized spacial score (nSPS) is 41.0. The molecule has 0 nitrogen and oxygen atoms in total. The predicted octanol–water partition coefficient (Wildman–Crippen LogP) is 12.3. The van der Waals surface area contributed by atoms with Gasteiger partial charge < -0.3 is 0 Å². The molecule has 0 radical (unpaired) electrons. The minimum absolute atomic E-state index is 1.02. The summed E-state index contributed by atoms with van der Waals surface area (Å²) >= 11 is 0. The number of rotatable bonds is 8. The van der Waals surface area contributed by atoms with Crippen molar-refractivity contribution in [2.45, 2.75) is 175 Å². The van der Waals surface area contributed by atoms with E-state index in [1.807, 2.05) is 0 Å². The molecule has 0 heterocycles. The van der Waals surface area contributed by atoms with Gasteiger partial charge in [-0.2, -0.15) is 0 Å². The molecule has 0 aliphatic heterocycles. The lowest BCUT2D eigenvalue weighted by Crippen LogP contribution is -2.41. The zero-order chi connectivity index (χ0) is 26.0. The third-order valence-corrected chi connectivity index (χ3v) is 12.9. The zero-order valence-electron chi connectivity index (χ0n) is 26.0. The third kappa shape index (κ3) is 8.74. The first kappa shape index (κ1) is 30.0. The van der Waals surface area contributed by atoms with Crippen molar-refractivity contribution in [1.82, 2.24) is 0 Å². The first-order valence-corrected chi connectivity index (χ1v) is 18.1. The second-order valence-electron chi connectivity index (χ2n) is 15.3. The molecule has 0 N–H and O–H groups in total. The van der Waals surface area contributed by atoms with Gasteiger partial charge in [-0.1, -0.05) is 156 Å². The molecule has 0 spiro atoms. The number of unbranched alkanes of at least 4 members (excludes halogenated alkanes) is 1. The Morgan fingerprint density at radius 1 is 0.541 bits per heavy atom. The summed E-state index contributed by atoms with van der Waals surface area (Å²) in [5.41, 5.74) is 0. The molecule has 0 aromatic heterocycles. The van der Waals surface area contributed by atoms with Gasteiger partial charge in [0.1, 0.15) is 0 Å². The fourth-order valence-electron chi connectivity index (χ4n) is 10.4. The van der Waals surface area contributed by atoms with E-state index >= 15 is 0 Å². The smallest absolute Gasteiger partial charge is 0.0324 e. The van der Waals surface area contributed by atoms with E-state index in [1.54, 1.807) is 70.6 Å². The van der Waals surface area contributed by atoms with E-state index in [1.165, 1.54) is 77.0 Å². The Morgan fingerprint density at radius 2 is 1.14 bits per heavy atom. The molecular weight excluding hydrogens is 444 g/mol. The maximum atomic E-state index is 2.60. The Morgan fingerprint density at radius 3 is 1.76 bits per heavy atom. The second-order valence-corrected chi connectivity index (χ2v) is 15.3. The van der Waals surface area contributed by atoms with Crippen LogP contribution in [0.25, 0.3) is 0 Å². The van der Waals surface area contributed by atoms with Gasteiger partial charge in [-0.15, -0.1) is 0 Å². The van der Waals surface area contributed by atoms with Crippen LogP contribution in [-0.4, -0.2) is 0 Å². The Bertz CT molecular complexity index is 585. The van der Waals surface area contributed by atoms with Gasteiger partial charge in [0.05, 0.1) is 0 Å². The van der Waals surface area contributed by atoms with Crippen LogP contribution in [-0.2, 0) is 0 Å². The van der Waals surface area contributed by atoms with Crippen LogP contribution in [0.1, 0.15) is 175 Å². The summed E-state index contributed by atoms with van der Waals surface area (Å²) < 4.78 is 0. The fourth-order valence-corrected chi connectivity index (χ4v) is 10.4. The average molecular weight is 513 g/mol. The lowest BCUT2D eigenvalue weighted by Gasteiger charge is -2.49. The molecule has 37 heavy (non-hydrogen) atoms. The van der Waals surface area contributed by atoms with Crippen molar-refractivity contribution in [1.29, 1.82) is 0 Å². The molecular formula is C37H68. The average Bonchev–Trinajstić information content (AvgIpc) is 3.40. The van der Waals surface area contributed by atoms with Gasteiger partial charge in [0.2, 0.25) is 0 Å². The Labute approximate surface area is 234 Å². The van der Waals surface area contributed by atoms with E-state index in [9.17, 15) is 0 Å². The number of hydrogen-bond acceptors (Lipinski definition) is 0. The Hall–Kier alpha value is 0. The summed E-state index contributed by atoms with van der Waals surface area (Å²) in [6, 6.07) is 0. The molecule has 0 bridgehead atoms. The van der Waals surface area contributed by atoms with Crippen LogP contribution in [0.5, 0.6) is 0 Å². The minimum Gasteiger partial charge on any atom is -0.0654 e. The van der Waals surface area contributed by atoms with Crippen LogP contribution in [0.4, 0.5) is 0 Å². The quantitative estimate of drug-likeness (QED) is 0.303. The lowest BCUT2D eigenvalue weighted by molar-refractivity contribution is 0.00254. The van der Waals surface area contributed by atoms with E-state index in [4.69, 9.17) is 0 Å². The lowest BCUT2D eigenvalue weighted by atomic mass is 9.56. The first-order chi connectivity index (χ1) is 18.1. The van der Waals surface area contributed by atoms with Gasteiger partial charge >= 0.3 is 0 Å². The predicted molar refractivity (Wildman–Crippen MR) is 164 cm³/mol. The monoisotopic (exact) mass is 513 g/mol. The topological polar surface area (TPSA) is 0 Å². The molecule has 5 atom stereocenters. The highest BCUT2D eigenvalue weighted by Crippen LogP contribution is 2.55. The van der Waals surface area contributed by atoms with E-state index in [0.717, 1.165) is 59.2 Å². The fraction of sp³-hybridized carbons (Fsp3) is 1.00. The maximum Gasteiger partial charge on any atom is -0.0324 e. The largest absolute Gasteiger partial charge is 0.0654 e. The molecule has 0 amide bonds. The van der Waals surface area contributed by atoms with Crippen LogP contribution < -0.4 is 0 Å². The molecule has 0 saturated heterocycles. The summed E-state index contributed by atoms with van der Waals surface area (Å²) in [7, 11) is 0. The minimum atomic E-state index is 1.02. The summed E-state index contributed by atoms with van der Waals surface area (Å²) in [6.45, 7) is 9.78. The molecule has 5 saturated carbocycles. The Balaban J connectivity index is 0.000000176. The molecule has 5 fully saturated rings. The molecule has 5 unspecified atom stereocenters. The maximum absolute atomic E-state index is 2.60. The van der Waals surface area contributed by atoms with Crippen LogP contribution in [0.15, 0.2) is 0 Å². The number of hydrogen-bond donors (Lipinski definition) is 0. The van der Waals surface area contributed by atoms with Gasteiger partial charge in [-0.05, 0) is 78.4 Å². The molecule has 5 aliphatic rings. The highest BCUT2D eigenvalue weighted by Gasteiger charge is 2.47. The second kappa shape index (κ2) is 15.7. The number of fused-ring (bicyclic) bond motifs is 1. The Kier molecular flexibility index (Phi) is 12.7. The highest BCUT2D eigenvalue weighted by molar-refractivity contribution is 4.96. The molecule has 0 heteroatoms. The van der Waals surface area contributed by atoms with Crippen molar-refractivity contribution < 1.29 is 0 Å². The summed E-state index contributed by atoms with van der Waals surface area (Å²) in [4.78, 5) is 0. The van der Waals surface area contributed by atoms with Crippen molar-refractivity contribution in [2.24, 2.45) is 59.2 Å². The summed E-state index contributed by atoms with van der Waals surface area (Å²) in [5, 5.41) is 0. The van der Waals surface area contributed by atoms with E-state index in [2.05, 4.69) is 27.7 Å². The van der Waals surface area contributed by atoms with E-state index < -0.39 is 0 Å². The van der Waals surface area contributed by atoms with Gasteiger partial charge in [0.25, 0.3) is 0 Å². The van der Waals surface area contributed by atoms with Crippen LogP contribution in [0.3, 0.4) is 0 Å². The third-order valence-electron chi connectivity index (χ3n) is 12.9. The summed E-state index contributed by atoms with van der Waals surface area (Å²) in [5.74, 6) is 10.9. The SMILES string of the molecule is CCC1CCC(CCC2CCC(C)CC2)CC1.CCCCC1C(C)CC2CCCC2C1C1CCCCC1. The molecule has 216 valence electrons. The molecule has 0 aromatic rings. The van der Waals surface area contributed by atoms with Crippen molar-refractivity contribution in [3.63, 3.8) is 0 Å². The van der Waals surface area contributed by atoms with Crippen LogP contribution >= 0.6 is 0 Å². The van der Waals surface area contributed by atoms with E-state index in [0.29, 0.717) is 0 Å². The van der Waals surface area contributed by atoms with Crippen molar-refractivity contribution in [3.05, 3.63) is 0 Å². The van der Waals surface area contributed by atoms with Gasteiger partial charge in [-0.3, -0.25) is 0 Å². The van der Waals surface area contributed by atoms with Crippen molar-refractivity contribution in [3.8, 4) is 0 Å². The molecule has 0 aromatic carbocycles.